The number of anilines is 1. The lowest BCUT2D eigenvalue weighted by molar-refractivity contribution is -0.139. The minimum Gasteiger partial charge on any atom is -0.489 e. The van der Waals surface area contributed by atoms with E-state index in [1.165, 1.54) is 4.90 Å². The summed E-state index contributed by atoms with van der Waals surface area (Å²) < 4.78 is 33.5. The zero-order valence-electron chi connectivity index (χ0n) is 23.3. The summed E-state index contributed by atoms with van der Waals surface area (Å²) in [5, 5.41) is 3.07. The Morgan fingerprint density at radius 1 is 0.951 bits per heavy atom. The van der Waals surface area contributed by atoms with Crippen molar-refractivity contribution in [1.29, 1.82) is 0 Å². The minimum absolute atomic E-state index is 0.102. The molecule has 41 heavy (non-hydrogen) atoms. The molecular formula is C31H36BrN3O5S. The highest BCUT2D eigenvalue weighted by Gasteiger charge is 2.31. The number of amides is 2. The molecule has 1 atom stereocenters. The first-order valence-corrected chi connectivity index (χ1v) is 16.3. The van der Waals surface area contributed by atoms with Gasteiger partial charge in [0, 0.05) is 17.1 Å². The number of halogens is 1. The van der Waals surface area contributed by atoms with Gasteiger partial charge in [0.05, 0.1) is 11.9 Å². The molecule has 0 spiro atoms. The predicted molar refractivity (Wildman–Crippen MR) is 164 cm³/mol. The van der Waals surface area contributed by atoms with Gasteiger partial charge < -0.3 is 15.0 Å². The Balaban J connectivity index is 1.51. The standard InChI is InChI=1S/C31H36BrN3O5S/c1-23(31(37)33-27-10-6-7-11-27)34(20-24-12-14-26(32)15-13-24)30(36)21-35(41(2,38)39)28-16-18-29(19-17-28)40-22-25-8-4-3-5-9-25/h3-5,8-9,12-19,23,27H,6-7,10-11,20-22H2,1-2H3,(H,33,37). The lowest BCUT2D eigenvalue weighted by atomic mass is 10.1. The quantitative estimate of drug-likeness (QED) is 0.291. The maximum atomic E-state index is 13.8. The molecular weight excluding hydrogens is 606 g/mol. The maximum absolute atomic E-state index is 13.8. The fourth-order valence-corrected chi connectivity index (χ4v) is 5.94. The summed E-state index contributed by atoms with van der Waals surface area (Å²) in [6, 6.07) is 23.1. The summed E-state index contributed by atoms with van der Waals surface area (Å²) in [7, 11) is -3.82. The summed E-state index contributed by atoms with van der Waals surface area (Å²) in [5.41, 5.74) is 2.17. The Kier molecular flexibility index (Phi) is 10.4. The van der Waals surface area contributed by atoms with Gasteiger partial charge in [-0.2, -0.15) is 0 Å². The Morgan fingerprint density at radius 2 is 1.59 bits per heavy atom. The number of nitrogens with zero attached hydrogens (tertiary/aromatic N) is 2. The molecule has 1 aliphatic rings. The summed E-state index contributed by atoms with van der Waals surface area (Å²) in [5.74, 6) is -0.142. The van der Waals surface area contributed by atoms with Gasteiger partial charge in [0.25, 0.3) is 0 Å². The third kappa shape index (κ3) is 8.81. The van der Waals surface area contributed by atoms with Crippen LogP contribution >= 0.6 is 15.9 Å². The van der Waals surface area contributed by atoms with Crippen molar-refractivity contribution >= 4 is 43.5 Å². The minimum atomic E-state index is -3.82. The van der Waals surface area contributed by atoms with Gasteiger partial charge >= 0.3 is 0 Å². The van der Waals surface area contributed by atoms with Crippen LogP contribution in [0.1, 0.15) is 43.7 Å². The molecule has 218 valence electrons. The van der Waals surface area contributed by atoms with Crippen LogP contribution in [0, 0.1) is 0 Å². The lowest BCUT2D eigenvalue weighted by Gasteiger charge is -2.32. The van der Waals surface area contributed by atoms with Gasteiger partial charge in [-0.25, -0.2) is 8.42 Å². The van der Waals surface area contributed by atoms with E-state index in [-0.39, 0.29) is 18.5 Å². The van der Waals surface area contributed by atoms with Gasteiger partial charge in [0.1, 0.15) is 24.9 Å². The van der Waals surface area contributed by atoms with E-state index >= 15 is 0 Å². The number of benzene rings is 3. The first-order chi connectivity index (χ1) is 19.6. The third-order valence-electron chi connectivity index (χ3n) is 7.19. The summed E-state index contributed by atoms with van der Waals surface area (Å²) >= 11 is 3.42. The fraction of sp³-hybridized carbons (Fsp3) is 0.355. The van der Waals surface area contributed by atoms with E-state index in [9.17, 15) is 18.0 Å². The molecule has 4 rings (SSSR count). The molecule has 1 fully saturated rings. The van der Waals surface area contributed by atoms with Crippen LogP contribution in [-0.2, 0) is 32.8 Å². The zero-order chi connectivity index (χ0) is 29.4. The van der Waals surface area contributed by atoms with Gasteiger partial charge in [-0.05, 0) is 67.3 Å². The van der Waals surface area contributed by atoms with Crippen LogP contribution in [-0.4, -0.2) is 50.0 Å². The number of sulfonamides is 1. The molecule has 1 aliphatic carbocycles. The second kappa shape index (κ2) is 14.0. The van der Waals surface area contributed by atoms with E-state index in [2.05, 4.69) is 21.2 Å². The molecule has 1 N–H and O–H groups in total. The summed E-state index contributed by atoms with van der Waals surface area (Å²) in [6.45, 7) is 1.78. The average Bonchev–Trinajstić information content (AvgIpc) is 3.47. The van der Waals surface area contributed by atoms with E-state index in [4.69, 9.17) is 4.74 Å². The molecule has 0 radical (unpaired) electrons. The van der Waals surface area contributed by atoms with Crippen molar-refractivity contribution < 1.29 is 22.7 Å². The summed E-state index contributed by atoms with van der Waals surface area (Å²) in [4.78, 5) is 28.4. The predicted octanol–water partition coefficient (Wildman–Crippen LogP) is 5.27. The number of hydrogen-bond acceptors (Lipinski definition) is 5. The van der Waals surface area contributed by atoms with Gasteiger partial charge in [-0.3, -0.25) is 13.9 Å². The van der Waals surface area contributed by atoms with Crippen LogP contribution < -0.4 is 14.4 Å². The molecule has 0 aliphatic heterocycles. The van der Waals surface area contributed by atoms with Crippen molar-refractivity contribution in [3.05, 3.63) is 94.5 Å². The zero-order valence-corrected chi connectivity index (χ0v) is 25.7. The van der Waals surface area contributed by atoms with E-state index < -0.39 is 28.5 Å². The number of carbonyl (C=O) groups excluding carboxylic acids is 2. The smallest absolute Gasteiger partial charge is 0.244 e. The number of ether oxygens (including phenoxy) is 1. The first-order valence-electron chi connectivity index (χ1n) is 13.7. The van der Waals surface area contributed by atoms with Crippen LogP contribution in [0.5, 0.6) is 5.75 Å². The Morgan fingerprint density at radius 3 is 2.20 bits per heavy atom. The fourth-order valence-electron chi connectivity index (χ4n) is 4.82. The molecule has 3 aromatic rings. The highest BCUT2D eigenvalue weighted by Crippen LogP contribution is 2.24. The second-order valence-electron chi connectivity index (χ2n) is 10.4. The Hall–Kier alpha value is -3.37. The summed E-state index contributed by atoms with van der Waals surface area (Å²) in [6.07, 6.45) is 5.05. The normalized spacial score (nSPS) is 14.3. The largest absolute Gasteiger partial charge is 0.489 e. The van der Waals surface area contributed by atoms with Crippen molar-refractivity contribution in [1.82, 2.24) is 10.2 Å². The van der Waals surface area contributed by atoms with E-state index in [1.807, 2.05) is 54.6 Å². The second-order valence-corrected chi connectivity index (χ2v) is 13.2. The molecule has 8 nitrogen and oxygen atoms in total. The number of rotatable bonds is 12. The molecule has 0 heterocycles. The molecule has 10 heteroatoms. The highest BCUT2D eigenvalue weighted by molar-refractivity contribution is 9.10. The van der Waals surface area contributed by atoms with Crippen molar-refractivity contribution in [2.75, 3.05) is 17.1 Å². The SMILES string of the molecule is CC(C(=O)NC1CCCC1)N(Cc1ccc(Br)cc1)C(=O)CN(c1ccc(OCc2ccccc2)cc1)S(C)(=O)=O. The number of carbonyl (C=O) groups is 2. The average molecular weight is 643 g/mol. The van der Waals surface area contributed by atoms with Crippen molar-refractivity contribution in [2.24, 2.45) is 0 Å². The molecule has 1 saturated carbocycles. The number of hydrogen-bond donors (Lipinski definition) is 1. The molecule has 0 saturated heterocycles. The van der Waals surface area contributed by atoms with Gasteiger partial charge in [-0.1, -0.05) is 71.2 Å². The first kappa shape index (κ1) is 30.6. The van der Waals surface area contributed by atoms with Crippen LogP contribution in [0.4, 0.5) is 5.69 Å². The van der Waals surface area contributed by atoms with E-state index in [1.54, 1.807) is 31.2 Å². The molecule has 1 unspecified atom stereocenters. The van der Waals surface area contributed by atoms with Crippen LogP contribution in [0.2, 0.25) is 0 Å². The van der Waals surface area contributed by atoms with Gasteiger partial charge in [0.15, 0.2) is 0 Å². The molecule has 0 bridgehead atoms. The van der Waals surface area contributed by atoms with Crippen LogP contribution in [0.25, 0.3) is 0 Å². The van der Waals surface area contributed by atoms with Gasteiger partial charge in [-0.15, -0.1) is 0 Å². The lowest BCUT2D eigenvalue weighted by Crippen LogP contribution is -2.52. The van der Waals surface area contributed by atoms with E-state index in [0.717, 1.165) is 51.8 Å². The molecule has 0 aromatic heterocycles. The maximum Gasteiger partial charge on any atom is 0.244 e. The topological polar surface area (TPSA) is 96.0 Å². The van der Waals surface area contributed by atoms with E-state index in [0.29, 0.717) is 18.0 Å². The Bertz CT molecular complexity index is 1410. The third-order valence-corrected chi connectivity index (χ3v) is 8.86. The number of nitrogens with one attached hydrogen (secondary N) is 1. The Labute approximate surface area is 250 Å². The molecule has 2 amide bonds. The van der Waals surface area contributed by atoms with Crippen molar-refractivity contribution in [2.45, 2.75) is 57.8 Å². The highest BCUT2D eigenvalue weighted by atomic mass is 79.9. The van der Waals surface area contributed by atoms with Crippen molar-refractivity contribution in [3.8, 4) is 5.75 Å². The van der Waals surface area contributed by atoms with Crippen molar-refractivity contribution in [3.63, 3.8) is 0 Å². The van der Waals surface area contributed by atoms with Crippen LogP contribution in [0.3, 0.4) is 0 Å². The molecule has 3 aromatic carbocycles. The van der Waals surface area contributed by atoms with Gasteiger partial charge in [0.2, 0.25) is 21.8 Å². The monoisotopic (exact) mass is 641 g/mol. The van der Waals surface area contributed by atoms with Crippen LogP contribution in [0.15, 0.2) is 83.3 Å².